The van der Waals surface area contributed by atoms with Crippen LogP contribution in [0.15, 0.2) is 24.3 Å². The Bertz CT molecular complexity index is 528. The van der Waals surface area contributed by atoms with E-state index in [0.29, 0.717) is 6.04 Å². The van der Waals surface area contributed by atoms with E-state index >= 15 is 0 Å². The first-order valence-electron chi connectivity index (χ1n) is 8.45. The van der Waals surface area contributed by atoms with Crippen LogP contribution < -0.4 is 10.6 Å². The fourth-order valence-electron chi connectivity index (χ4n) is 4.50. The Morgan fingerprint density at radius 1 is 1.14 bits per heavy atom. The molecule has 1 saturated heterocycles. The Morgan fingerprint density at radius 2 is 2.00 bits per heavy atom. The zero-order valence-electron chi connectivity index (χ0n) is 12.5. The molecule has 1 heterocycles. The molecular formula is C18H24N2O. The maximum absolute atomic E-state index is 12.6. The van der Waals surface area contributed by atoms with Gasteiger partial charge in [0.2, 0.25) is 5.91 Å². The Balaban J connectivity index is 1.41. The van der Waals surface area contributed by atoms with Crippen LogP contribution in [0.4, 0.5) is 0 Å². The van der Waals surface area contributed by atoms with E-state index in [-0.39, 0.29) is 18.0 Å². The van der Waals surface area contributed by atoms with Gasteiger partial charge in [-0.15, -0.1) is 0 Å². The molecule has 1 aliphatic heterocycles. The minimum Gasteiger partial charge on any atom is -0.348 e. The van der Waals surface area contributed by atoms with Crippen molar-refractivity contribution in [2.75, 3.05) is 0 Å². The molecule has 3 nitrogen and oxygen atoms in total. The number of carbonyl (C=O) groups is 1. The minimum absolute atomic E-state index is 0.0332. The van der Waals surface area contributed by atoms with E-state index in [4.69, 9.17) is 0 Å². The lowest BCUT2D eigenvalue weighted by atomic mass is 9.85. The van der Waals surface area contributed by atoms with Gasteiger partial charge in [-0.1, -0.05) is 37.1 Å². The smallest absolute Gasteiger partial charge is 0.237 e. The van der Waals surface area contributed by atoms with Gasteiger partial charge in [0.05, 0.1) is 12.1 Å². The average Bonchev–Trinajstić information content (AvgIpc) is 3.11. The molecule has 2 fully saturated rings. The van der Waals surface area contributed by atoms with Crippen LogP contribution in [-0.2, 0) is 11.2 Å². The van der Waals surface area contributed by atoms with Gasteiger partial charge in [0.1, 0.15) is 0 Å². The highest BCUT2D eigenvalue weighted by molar-refractivity contribution is 5.82. The van der Waals surface area contributed by atoms with Crippen molar-refractivity contribution in [1.29, 1.82) is 0 Å². The number of nitrogens with one attached hydrogen (secondary N) is 2. The molecular weight excluding hydrogens is 260 g/mol. The van der Waals surface area contributed by atoms with Gasteiger partial charge >= 0.3 is 0 Å². The summed E-state index contributed by atoms with van der Waals surface area (Å²) >= 11 is 0. The van der Waals surface area contributed by atoms with Crippen molar-refractivity contribution < 1.29 is 4.79 Å². The summed E-state index contributed by atoms with van der Waals surface area (Å²) in [6.45, 7) is 0. The average molecular weight is 284 g/mol. The summed E-state index contributed by atoms with van der Waals surface area (Å²) in [7, 11) is 0. The summed E-state index contributed by atoms with van der Waals surface area (Å²) in [4.78, 5) is 12.6. The van der Waals surface area contributed by atoms with Gasteiger partial charge in [-0.3, -0.25) is 4.79 Å². The minimum atomic E-state index is 0.0332. The van der Waals surface area contributed by atoms with Crippen LogP contribution >= 0.6 is 0 Å². The van der Waals surface area contributed by atoms with Gasteiger partial charge in [-0.25, -0.2) is 0 Å². The third-order valence-corrected chi connectivity index (χ3v) is 5.63. The maximum Gasteiger partial charge on any atom is 0.237 e. The first-order chi connectivity index (χ1) is 10.3. The normalized spacial score (nSPS) is 34.3. The summed E-state index contributed by atoms with van der Waals surface area (Å²) in [5, 5.41) is 6.86. The molecule has 21 heavy (non-hydrogen) atoms. The molecule has 1 amide bonds. The van der Waals surface area contributed by atoms with Gasteiger partial charge in [-0.05, 0) is 49.1 Å². The Labute approximate surface area is 126 Å². The molecule has 0 spiro atoms. The van der Waals surface area contributed by atoms with Gasteiger partial charge in [0, 0.05) is 6.04 Å². The summed E-state index contributed by atoms with van der Waals surface area (Å²) in [6, 6.07) is 9.35. The van der Waals surface area contributed by atoms with E-state index in [2.05, 4.69) is 34.9 Å². The van der Waals surface area contributed by atoms with Crippen LogP contribution in [0, 0.1) is 5.92 Å². The lowest BCUT2D eigenvalue weighted by Gasteiger charge is -2.24. The first-order valence-corrected chi connectivity index (χ1v) is 8.45. The van der Waals surface area contributed by atoms with E-state index in [1.807, 2.05) is 0 Å². The van der Waals surface area contributed by atoms with Crippen molar-refractivity contribution in [3.05, 3.63) is 35.4 Å². The zero-order valence-corrected chi connectivity index (χ0v) is 12.5. The lowest BCUT2D eigenvalue weighted by molar-refractivity contribution is -0.123. The zero-order chi connectivity index (χ0) is 14.2. The number of aryl methyl sites for hydroxylation is 1. The number of rotatable bonds is 2. The number of hydrogen-bond donors (Lipinski definition) is 2. The second-order valence-electron chi connectivity index (χ2n) is 6.90. The summed E-state index contributed by atoms with van der Waals surface area (Å²) in [6.07, 6.45) is 8.38. The molecule has 0 bridgehead atoms. The number of carbonyl (C=O) groups excluding carboxylic acids is 1. The third kappa shape index (κ3) is 2.48. The van der Waals surface area contributed by atoms with Gasteiger partial charge in [-0.2, -0.15) is 0 Å². The third-order valence-electron chi connectivity index (χ3n) is 5.63. The van der Waals surface area contributed by atoms with Crippen molar-refractivity contribution in [2.24, 2.45) is 5.92 Å². The standard InChI is InChI=1S/C18H24N2O/c21-18(17-11-13-6-2-4-8-15(13)19-17)20-16-10-9-12-5-1-3-7-14(12)16/h1,3,5,7,13,15-17,19H,2,4,6,8-11H2,(H,20,21). The molecule has 2 aliphatic carbocycles. The van der Waals surface area contributed by atoms with E-state index in [9.17, 15) is 4.79 Å². The topological polar surface area (TPSA) is 41.1 Å². The molecule has 3 aliphatic rings. The molecule has 1 aromatic rings. The predicted molar refractivity (Wildman–Crippen MR) is 82.9 cm³/mol. The fourth-order valence-corrected chi connectivity index (χ4v) is 4.50. The molecule has 3 heteroatoms. The van der Waals surface area contributed by atoms with Crippen LogP contribution in [0.1, 0.15) is 55.7 Å². The molecule has 0 radical (unpaired) electrons. The van der Waals surface area contributed by atoms with Crippen molar-refractivity contribution >= 4 is 5.91 Å². The quantitative estimate of drug-likeness (QED) is 0.876. The maximum atomic E-state index is 12.6. The number of benzene rings is 1. The molecule has 2 N–H and O–H groups in total. The predicted octanol–water partition coefficient (Wildman–Crippen LogP) is 2.71. The van der Waals surface area contributed by atoms with Gasteiger partial charge in [0.25, 0.3) is 0 Å². The van der Waals surface area contributed by atoms with Gasteiger partial charge in [0.15, 0.2) is 0 Å². The van der Waals surface area contributed by atoms with Crippen molar-refractivity contribution in [3.8, 4) is 0 Å². The van der Waals surface area contributed by atoms with Crippen molar-refractivity contribution in [2.45, 2.75) is 63.1 Å². The van der Waals surface area contributed by atoms with Crippen LogP contribution in [0.2, 0.25) is 0 Å². The van der Waals surface area contributed by atoms with Crippen LogP contribution in [0.5, 0.6) is 0 Å². The second-order valence-corrected chi connectivity index (χ2v) is 6.90. The van der Waals surface area contributed by atoms with Gasteiger partial charge < -0.3 is 10.6 Å². The summed E-state index contributed by atoms with van der Waals surface area (Å²) in [5.74, 6) is 0.941. The first kappa shape index (κ1) is 13.3. The summed E-state index contributed by atoms with van der Waals surface area (Å²) < 4.78 is 0. The van der Waals surface area contributed by atoms with E-state index in [1.54, 1.807) is 0 Å². The Morgan fingerprint density at radius 3 is 2.90 bits per heavy atom. The van der Waals surface area contributed by atoms with E-state index in [0.717, 1.165) is 25.2 Å². The molecule has 0 aromatic heterocycles. The number of hydrogen-bond acceptors (Lipinski definition) is 2. The number of amides is 1. The molecule has 1 aromatic carbocycles. The molecule has 112 valence electrons. The van der Waals surface area contributed by atoms with E-state index < -0.39 is 0 Å². The molecule has 4 atom stereocenters. The SMILES string of the molecule is O=C(NC1CCc2ccccc21)C1CC2CCCCC2N1. The highest BCUT2D eigenvalue weighted by Crippen LogP contribution is 2.34. The Kier molecular flexibility index (Phi) is 3.46. The van der Waals surface area contributed by atoms with E-state index in [1.165, 1.54) is 36.8 Å². The van der Waals surface area contributed by atoms with Crippen molar-refractivity contribution in [3.63, 3.8) is 0 Å². The Hall–Kier alpha value is -1.35. The lowest BCUT2D eigenvalue weighted by Crippen LogP contribution is -2.44. The highest BCUT2D eigenvalue weighted by atomic mass is 16.2. The summed E-state index contributed by atoms with van der Waals surface area (Å²) in [5.41, 5.74) is 2.72. The van der Waals surface area contributed by atoms with Crippen LogP contribution in [0.25, 0.3) is 0 Å². The fraction of sp³-hybridized carbons (Fsp3) is 0.611. The molecule has 4 rings (SSSR count). The highest BCUT2D eigenvalue weighted by Gasteiger charge is 2.39. The number of fused-ring (bicyclic) bond motifs is 2. The second kappa shape index (κ2) is 5.45. The largest absolute Gasteiger partial charge is 0.348 e. The van der Waals surface area contributed by atoms with Crippen LogP contribution in [-0.4, -0.2) is 18.0 Å². The molecule has 1 saturated carbocycles. The van der Waals surface area contributed by atoms with Crippen LogP contribution in [0.3, 0.4) is 0 Å². The monoisotopic (exact) mass is 284 g/mol. The van der Waals surface area contributed by atoms with Crippen molar-refractivity contribution in [1.82, 2.24) is 10.6 Å². The molecule has 4 unspecified atom stereocenters.